The third-order valence-electron chi connectivity index (χ3n) is 3.64. The first kappa shape index (κ1) is 13.8. The molecule has 0 aliphatic carbocycles. The molecule has 1 amide bonds. The molecule has 0 saturated carbocycles. The van der Waals surface area contributed by atoms with Crippen molar-refractivity contribution in [1.29, 1.82) is 0 Å². The zero-order valence-electron chi connectivity index (χ0n) is 12.0. The predicted octanol–water partition coefficient (Wildman–Crippen LogP) is 2.13. The second-order valence-corrected chi connectivity index (χ2v) is 5.24. The molecule has 1 aliphatic heterocycles. The van der Waals surface area contributed by atoms with Crippen LogP contribution in [0.1, 0.15) is 12.6 Å². The van der Waals surface area contributed by atoms with Gasteiger partial charge in [0.15, 0.2) is 5.76 Å². The fraction of sp³-hybridized carbons (Fsp3) is 0.375. The molecule has 1 aromatic heterocycles. The summed E-state index contributed by atoms with van der Waals surface area (Å²) in [5.41, 5.74) is 1.63. The lowest BCUT2D eigenvalue weighted by atomic mass is 10.1. The van der Waals surface area contributed by atoms with Crippen LogP contribution in [0.25, 0.3) is 11.3 Å². The SMILES string of the molecule is CC1COCCN1C(=O)Cc1cc(-c2ccccc2)on1. The predicted molar refractivity (Wildman–Crippen MR) is 77.6 cm³/mol. The van der Waals surface area contributed by atoms with Gasteiger partial charge in [-0.2, -0.15) is 0 Å². The molecule has 0 bridgehead atoms. The molecule has 1 saturated heterocycles. The van der Waals surface area contributed by atoms with Gasteiger partial charge in [0, 0.05) is 18.2 Å². The number of benzene rings is 1. The fourth-order valence-electron chi connectivity index (χ4n) is 2.49. The highest BCUT2D eigenvalue weighted by molar-refractivity contribution is 5.79. The number of morpholine rings is 1. The van der Waals surface area contributed by atoms with Gasteiger partial charge in [-0.05, 0) is 6.92 Å². The molecule has 0 radical (unpaired) electrons. The normalized spacial score (nSPS) is 18.7. The largest absolute Gasteiger partial charge is 0.377 e. The molecule has 2 heterocycles. The Labute approximate surface area is 123 Å². The maximum absolute atomic E-state index is 12.3. The maximum atomic E-state index is 12.3. The summed E-state index contributed by atoms with van der Waals surface area (Å²) >= 11 is 0. The van der Waals surface area contributed by atoms with Crippen LogP contribution in [0.15, 0.2) is 40.9 Å². The molecule has 110 valence electrons. The first-order valence-corrected chi connectivity index (χ1v) is 7.12. The molecule has 0 spiro atoms. The summed E-state index contributed by atoms with van der Waals surface area (Å²) in [5.74, 6) is 0.757. The van der Waals surface area contributed by atoms with Gasteiger partial charge in [0.1, 0.15) is 0 Å². The van der Waals surface area contributed by atoms with Crippen LogP contribution in [0.4, 0.5) is 0 Å². The van der Waals surface area contributed by atoms with Crippen LogP contribution in [-0.2, 0) is 16.0 Å². The topological polar surface area (TPSA) is 55.6 Å². The number of amides is 1. The van der Waals surface area contributed by atoms with Crippen LogP contribution >= 0.6 is 0 Å². The number of carbonyl (C=O) groups excluding carboxylic acids is 1. The summed E-state index contributed by atoms with van der Waals surface area (Å²) in [6, 6.07) is 11.7. The summed E-state index contributed by atoms with van der Waals surface area (Å²) < 4.78 is 10.7. The molecule has 3 rings (SSSR count). The van der Waals surface area contributed by atoms with Gasteiger partial charge in [-0.25, -0.2) is 0 Å². The number of nitrogens with zero attached hydrogens (tertiary/aromatic N) is 2. The Morgan fingerprint density at radius 2 is 2.19 bits per heavy atom. The van der Waals surface area contributed by atoms with Crippen molar-refractivity contribution >= 4 is 5.91 Å². The molecular formula is C16H18N2O3. The lowest BCUT2D eigenvalue weighted by Gasteiger charge is -2.33. The van der Waals surface area contributed by atoms with E-state index >= 15 is 0 Å². The summed E-state index contributed by atoms with van der Waals surface area (Å²) in [6.45, 7) is 3.84. The summed E-state index contributed by atoms with van der Waals surface area (Å²) in [5, 5.41) is 4.00. The van der Waals surface area contributed by atoms with Gasteiger partial charge in [0.25, 0.3) is 0 Å². The Bertz CT molecular complexity index is 609. The first-order valence-electron chi connectivity index (χ1n) is 7.12. The van der Waals surface area contributed by atoms with E-state index in [4.69, 9.17) is 9.26 Å². The molecule has 1 fully saturated rings. The molecule has 2 aromatic rings. The van der Waals surface area contributed by atoms with Crippen molar-refractivity contribution in [1.82, 2.24) is 10.1 Å². The van der Waals surface area contributed by atoms with Gasteiger partial charge in [0.2, 0.25) is 5.91 Å². The number of aromatic nitrogens is 1. The molecule has 1 aliphatic rings. The second kappa shape index (κ2) is 6.10. The van der Waals surface area contributed by atoms with E-state index in [9.17, 15) is 4.79 Å². The highest BCUT2D eigenvalue weighted by Gasteiger charge is 2.24. The van der Waals surface area contributed by atoms with E-state index in [0.717, 1.165) is 5.56 Å². The summed E-state index contributed by atoms with van der Waals surface area (Å²) in [7, 11) is 0. The molecule has 5 nitrogen and oxygen atoms in total. The number of rotatable bonds is 3. The monoisotopic (exact) mass is 286 g/mol. The van der Waals surface area contributed by atoms with E-state index in [0.29, 0.717) is 31.2 Å². The molecule has 0 N–H and O–H groups in total. The highest BCUT2D eigenvalue weighted by atomic mass is 16.5. The summed E-state index contributed by atoms with van der Waals surface area (Å²) in [4.78, 5) is 14.2. The molecule has 1 unspecified atom stereocenters. The van der Waals surface area contributed by atoms with E-state index in [2.05, 4.69) is 5.16 Å². The van der Waals surface area contributed by atoms with E-state index in [1.54, 1.807) is 0 Å². The van der Waals surface area contributed by atoms with Gasteiger partial charge in [-0.3, -0.25) is 4.79 Å². The third-order valence-corrected chi connectivity index (χ3v) is 3.64. The van der Waals surface area contributed by atoms with Gasteiger partial charge >= 0.3 is 0 Å². The maximum Gasteiger partial charge on any atom is 0.229 e. The van der Waals surface area contributed by atoms with Gasteiger partial charge in [0.05, 0.1) is 31.4 Å². The quantitative estimate of drug-likeness (QED) is 0.867. The van der Waals surface area contributed by atoms with Gasteiger partial charge in [-0.15, -0.1) is 0 Å². The van der Waals surface area contributed by atoms with Crippen molar-refractivity contribution < 1.29 is 14.1 Å². The van der Waals surface area contributed by atoms with Crippen LogP contribution in [0.5, 0.6) is 0 Å². The van der Waals surface area contributed by atoms with Crippen LogP contribution in [0.2, 0.25) is 0 Å². The standard InChI is InChI=1S/C16H18N2O3/c1-12-11-20-8-7-18(12)16(19)10-14-9-15(21-17-14)13-5-3-2-4-6-13/h2-6,9,12H,7-8,10-11H2,1H3. The van der Waals surface area contributed by atoms with Crippen molar-refractivity contribution in [3.05, 3.63) is 42.1 Å². The number of hydrogen-bond acceptors (Lipinski definition) is 4. The average molecular weight is 286 g/mol. The Kier molecular flexibility index (Phi) is 4.01. The van der Waals surface area contributed by atoms with E-state index in [1.807, 2.05) is 48.2 Å². The minimum atomic E-state index is 0.0683. The van der Waals surface area contributed by atoms with Gasteiger partial charge < -0.3 is 14.2 Å². The number of hydrogen-bond donors (Lipinski definition) is 0. The zero-order valence-corrected chi connectivity index (χ0v) is 12.0. The molecular weight excluding hydrogens is 268 g/mol. The number of carbonyl (C=O) groups is 1. The van der Waals surface area contributed by atoms with Crippen molar-refractivity contribution in [3.63, 3.8) is 0 Å². The Morgan fingerprint density at radius 3 is 2.95 bits per heavy atom. The van der Waals surface area contributed by atoms with E-state index in [1.165, 1.54) is 0 Å². The van der Waals surface area contributed by atoms with Crippen LogP contribution in [0.3, 0.4) is 0 Å². The lowest BCUT2D eigenvalue weighted by molar-refractivity contribution is -0.138. The third kappa shape index (κ3) is 3.13. The summed E-state index contributed by atoms with van der Waals surface area (Å²) in [6.07, 6.45) is 0.265. The zero-order chi connectivity index (χ0) is 14.7. The smallest absolute Gasteiger partial charge is 0.229 e. The molecule has 5 heteroatoms. The molecule has 1 atom stereocenters. The Morgan fingerprint density at radius 1 is 1.38 bits per heavy atom. The minimum absolute atomic E-state index is 0.0683. The number of ether oxygens (including phenoxy) is 1. The highest BCUT2D eigenvalue weighted by Crippen LogP contribution is 2.20. The van der Waals surface area contributed by atoms with Crippen LogP contribution in [0, 0.1) is 0 Å². The van der Waals surface area contributed by atoms with Crippen molar-refractivity contribution in [3.8, 4) is 11.3 Å². The van der Waals surface area contributed by atoms with Crippen molar-refractivity contribution in [2.24, 2.45) is 0 Å². The lowest BCUT2D eigenvalue weighted by Crippen LogP contribution is -2.47. The first-order chi connectivity index (χ1) is 10.2. The van der Waals surface area contributed by atoms with Crippen LogP contribution in [-0.4, -0.2) is 41.8 Å². The van der Waals surface area contributed by atoms with E-state index < -0.39 is 0 Å². The minimum Gasteiger partial charge on any atom is -0.377 e. The molecule has 1 aromatic carbocycles. The average Bonchev–Trinajstić information content (AvgIpc) is 2.97. The van der Waals surface area contributed by atoms with Crippen molar-refractivity contribution in [2.45, 2.75) is 19.4 Å². The van der Waals surface area contributed by atoms with Crippen molar-refractivity contribution in [2.75, 3.05) is 19.8 Å². The Hall–Kier alpha value is -2.14. The second-order valence-electron chi connectivity index (χ2n) is 5.24. The Balaban J connectivity index is 1.68. The van der Waals surface area contributed by atoms with Gasteiger partial charge in [-0.1, -0.05) is 35.5 Å². The van der Waals surface area contributed by atoms with Crippen LogP contribution < -0.4 is 0 Å². The molecule has 21 heavy (non-hydrogen) atoms. The van der Waals surface area contributed by atoms with E-state index in [-0.39, 0.29) is 18.4 Å². The fourth-order valence-corrected chi connectivity index (χ4v) is 2.49.